The molecule has 0 bridgehead atoms. The first-order valence-electron chi connectivity index (χ1n) is 3.31. The van der Waals surface area contributed by atoms with E-state index in [9.17, 15) is 9.59 Å². The summed E-state index contributed by atoms with van der Waals surface area (Å²) in [7, 11) is 0. The summed E-state index contributed by atoms with van der Waals surface area (Å²) in [5, 5.41) is 10.7. The summed E-state index contributed by atoms with van der Waals surface area (Å²) >= 11 is 0. The number of carbonyl (C=O) groups excluding carboxylic acids is 1. The van der Waals surface area contributed by atoms with Crippen molar-refractivity contribution in [2.45, 2.75) is 25.9 Å². The molecule has 2 atom stereocenters. The molecular weight excluding hydrogens is 148 g/mol. The van der Waals surface area contributed by atoms with Crippen molar-refractivity contribution < 1.29 is 20.4 Å². The van der Waals surface area contributed by atoms with Gasteiger partial charge in [-0.05, 0) is 13.8 Å². The zero-order valence-corrected chi connectivity index (χ0v) is 6.63. The lowest BCUT2D eigenvalue weighted by Crippen LogP contribution is -2.66. The Morgan fingerprint density at radius 2 is 1.91 bits per heavy atom. The van der Waals surface area contributed by atoms with Crippen LogP contribution in [0.2, 0.25) is 0 Å². The average molecular weight is 161 g/mol. The van der Waals surface area contributed by atoms with E-state index in [1.807, 2.05) is 0 Å². The molecule has 0 saturated heterocycles. The Balaban J connectivity index is 3.85. The van der Waals surface area contributed by atoms with Crippen molar-refractivity contribution in [2.75, 3.05) is 0 Å². The molecule has 0 rings (SSSR count). The summed E-state index contributed by atoms with van der Waals surface area (Å²) in [5.41, 5.74) is 3.45. The van der Waals surface area contributed by atoms with Crippen LogP contribution >= 0.6 is 0 Å². The van der Waals surface area contributed by atoms with Gasteiger partial charge < -0.3 is 16.2 Å². The lowest BCUT2D eigenvalue weighted by Gasteiger charge is -2.08. The Kier molecular flexibility index (Phi) is 3.53. The van der Waals surface area contributed by atoms with E-state index in [2.05, 4.69) is 11.1 Å². The van der Waals surface area contributed by atoms with E-state index in [1.165, 1.54) is 6.92 Å². The molecule has 0 saturated carbocycles. The van der Waals surface area contributed by atoms with Crippen molar-refractivity contribution in [3.8, 4) is 0 Å². The number of rotatable bonds is 3. The van der Waals surface area contributed by atoms with Crippen molar-refractivity contribution in [3.05, 3.63) is 0 Å². The van der Waals surface area contributed by atoms with Crippen LogP contribution in [0.1, 0.15) is 13.8 Å². The molecule has 0 spiro atoms. The third kappa shape index (κ3) is 3.57. The Labute approximate surface area is 64.6 Å². The highest BCUT2D eigenvalue weighted by Gasteiger charge is 2.17. The Bertz CT molecular complexity index is 167. The monoisotopic (exact) mass is 161 g/mol. The molecule has 0 heterocycles. The molecule has 0 aliphatic heterocycles. The van der Waals surface area contributed by atoms with Crippen LogP contribution in [0.15, 0.2) is 0 Å². The van der Waals surface area contributed by atoms with Crippen LogP contribution in [0.25, 0.3) is 0 Å². The predicted molar refractivity (Wildman–Crippen MR) is 37.6 cm³/mol. The van der Waals surface area contributed by atoms with E-state index in [1.54, 1.807) is 6.92 Å². The van der Waals surface area contributed by atoms with E-state index >= 15 is 0 Å². The lowest BCUT2D eigenvalue weighted by molar-refractivity contribution is -0.398. The number of aliphatic carboxylic acids is 1. The molecule has 5 N–H and O–H groups in total. The first kappa shape index (κ1) is 9.90. The van der Waals surface area contributed by atoms with Crippen molar-refractivity contribution in [1.29, 1.82) is 0 Å². The van der Waals surface area contributed by atoms with Gasteiger partial charge in [0, 0.05) is 0 Å². The van der Waals surface area contributed by atoms with Crippen molar-refractivity contribution in [2.24, 2.45) is 0 Å². The van der Waals surface area contributed by atoms with Gasteiger partial charge in [0.2, 0.25) is 0 Å². The van der Waals surface area contributed by atoms with Crippen LogP contribution < -0.4 is 11.1 Å². The number of hydrogen-bond acceptors (Lipinski definition) is 2. The molecule has 5 heteroatoms. The minimum absolute atomic E-state index is 0.347. The number of nitrogens with one attached hydrogen (secondary N) is 1. The number of carboxylic acids is 1. The summed E-state index contributed by atoms with van der Waals surface area (Å²) in [4.78, 5) is 21.0. The lowest BCUT2D eigenvalue weighted by atomic mass is 10.3. The second-order valence-corrected chi connectivity index (χ2v) is 2.47. The number of carbonyl (C=O) groups is 2. The van der Waals surface area contributed by atoms with Gasteiger partial charge in [0.1, 0.15) is 6.04 Å². The second kappa shape index (κ2) is 3.92. The molecular formula is C6H13N2O3+. The molecule has 11 heavy (non-hydrogen) atoms. The van der Waals surface area contributed by atoms with E-state index in [0.717, 1.165) is 0 Å². The van der Waals surface area contributed by atoms with Gasteiger partial charge in [0.25, 0.3) is 5.91 Å². The molecule has 1 amide bonds. The van der Waals surface area contributed by atoms with Crippen LogP contribution in [-0.4, -0.2) is 29.1 Å². The maximum atomic E-state index is 10.8. The molecule has 0 aromatic heterocycles. The van der Waals surface area contributed by atoms with E-state index in [-0.39, 0.29) is 5.91 Å². The van der Waals surface area contributed by atoms with E-state index in [4.69, 9.17) is 5.11 Å². The standard InChI is InChI=1S/C6H12N2O3/c1-3(7)5(9)8-4(2)6(10)11/h3-4H,7H2,1-2H3,(H,8,9)(H,10,11)/p+1. The fraction of sp³-hybridized carbons (Fsp3) is 0.667. The van der Waals surface area contributed by atoms with Crippen LogP contribution in [0.5, 0.6) is 0 Å². The Morgan fingerprint density at radius 1 is 1.45 bits per heavy atom. The van der Waals surface area contributed by atoms with Crippen LogP contribution in [-0.2, 0) is 9.59 Å². The number of carboxylic acid groups (broad SMARTS) is 1. The van der Waals surface area contributed by atoms with E-state index < -0.39 is 18.1 Å². The van der Waals surface area contributed by atoms with Gasteiger partial charge in [-0.1, -0.05) is 0 Å². The zero-order chi connectivity index (χ0) is 9.02. The first-order chi connectivity index (χ1) is 4.95. The minimum Gasteiger partial charge on any atom is -0.480 e. The summed E-state index contributed by atoms with van der Waals surface area (Å²) in [6.07, 6.45) is 0. The third-order valence-corrected chi connectivity index (χ3v) is 1.18. The smallest absolute Gasteiger partial charge is 0.325 e. The maximum absolute atomic E-state index is 10.8. The number of amides is 1. The highest BCUT2D eigenvalue weighted by Crippen LogP contribution is 1.82. The van der Waals surface area contributed by atoms with Crippen molar-refractivity contribution >= 4 is 11.9 Å². The summed E-state index contributed by atoms with van der Waals surface area (Å²) < 4.78 is 0. The minimum atomic E-state index is -1.04. The van der Waals surface area contributed by atoms with E-state index in [0.29, 0.717) is 0 Å². The molecule has 0 radical (unpaired) electrons. The first-order valence-corrected chi connectivity index (χ1v) is 3.31. The molecule has 0 aromatic carbocycles. The summed E-state index contributed by atoms with van der Waals surface area (Å²) in [5.74, 6) is -1.39. The van der Waals surface area contributed by atoms with Crippen LogP contribution in [0, 0.1) is 0 Å². The van der Waals surface area contributed by atoms with Gasteiger partial charge in [-0.15, -0.1) is 0 Å². The maximum Gasteiger partial charge on any atom is 0.325 e. The molecule has 0 aromatic rings. The van der Waals surface area contributed by atoms with Gasteiger partial charge in [0.05, 0.1) is 0 Å². The fourth-order valence-electron chi connectivity index (χ4n) is 0.417. The van der Waals surface area contributed by atoms with Crippen LogP contribution in [0.3, 0.4) is 0 Å². The normalized spacial score (nSPS) is 15.2. The molecule has 0 aliphatic rings. The fourth-order valence-corrected chi connectivity index (χ4v) is 0.417. The number of quaternary nitrogens is 1. The number of hydrogen-bond donors (Lipinski definition) is 3. The highest BCUT2D eigenvalue weighted by atomic mass is 16.4. The van der Waals surface area contributed by atoms with Crippen molar-refractivity contribution in [3.63, 3.8) is 0 Å². The van der Waals surface area contributed by atoms with Gasteiger partial charge in [-0.25, -0.2) is 0 Å². The molecule has 0 fully saturated rings. The van der Waals surface area contributed by atoms with Gasteiger partial charge in [-0.2, -0.15) is 0 Å². The SMILES string of the molecule is CC([NH3+])C(=O)NC(C)C(=O)O. The van der Waals surface area contributed by atoms with Gasteiger partial charge >= 0.3 is 5.97 Å². The third-order valence-electron chi connectivity index (χ3n) is 1.18. The van der Waals surface area contributed by atoms with Gasteiger partial charge in [-0.3, -0.25) is 9.59 Å². The molecule has 0 aliphatic carbocycles. The highest BCUT2D eigenvalue weighted by molar-refractivity contribution is 5.85. The summed E-state index contributed by atoms with van der Waals surface area (Å²) in [6.45, 7) is 3.01. The van der Waals surface area contributed by atoms with Crippen molar-refractivity contribution in [1.82, 2.24) is 5.32 Å². The second-order valence-electron chi connectivity index (χ2n) is 2.47. The van der Waals surface area contributed by atoms with Gasteiger partial charge in [0.15, 0.2) is 6.04 Å². The average Bonchev–Trinajstić information content (AvgIpc) is 1.87. The summed E-state index contributed by atoms with van der Waals surface area (Å²) in [6, 6.07) is -1.26. The predicted octanol–water partition coefficient (Wildman–Crippen LogP) is -1.79. The topological polar surface area (TPSA) is 94.0 Å². The van der Waals surface area contributed by atoms with Crippen LogP contribution in [0.4, 0.5) is 0 Å². The zero-order valence-electron chi connectivity index (χ0n) is 6.63. The molecule has 5 nitrogen and oxygen atoms in total. The quantitative estimate of drug-likeness (QED) is 0.456. The Morgan fingerprint density at radius 3 is 2.18 bits per heavy atom. The largest absolute Gasteiger partial charge is 0.480 e. The molecule has 2 unspecified atom stereocenters. The Hall–Kier alpha value is -1.10. The molecule has 64 valence electrons.